The summed E-state index contributed by atoms with van der Waals surface area (Å²) in [5.74, 6) is 1.48. The second-order valence-electron chi connectivity index (χ2n) is 7.20. The predicted octanol–water partition coefficient (Wildman–Crippen LogP) is 3.64. The van der Waals surface area contributed by atoms with Gasteiger partial charge in [0.15, 0.2) is 5.82 Å². The first-order chi connectivity index (χ1) is 14.1. The topological polar surface area (TPSA) is 75.9 Å². The highest BCUT2D eigenvalue weighted by Gasteiger charge is 2.27. The van der Waals surface area contributed by atoms with Crippen molar-refractivity contribution in [1.29, 1.82) is 0 Å². The zero-order valence-electron chi connectivity index (χ0n) is 16.2. The highest BCUT2D eigenvalue weighted by atomic mass is 16.1. The van der Waals surface area contributed by atoms with Gasteiger partial charge in [-0.25, -0.2) is 9.97 Å². The number of hydrogen-bond acceptors (Lipinski definition) is 5. The summed E-state index contributed by atoms with van der Waals surface area (Å²) < 4.78 is 2.11. The molecular formula is C22H20N6O. The number of fused-ring (bicyclic) bond motifs is 2. The predicted molar refractivity (Wildman–Crippen MR) is 112 cm³/mol. The lowest BCUT2D eigenvalue weighted by atomic mass is 10.0. The third-order valence-electron chi connectivity index (χ3n) is 5.43. The van der Waals surface area contributed by atoms with Crippen LogP contribution in [0.5, 0.6) is 0 Å². The van der Waals surface area contributed by atoms with E-state index in [0.29, 0.717) is 12.2 Å². The number of nitrogens with zero attached hydrogens (tertiary/aromatic N) is 5. The number of aromatic nitrogens is 4. The summed E-state index contributed by atoms with van der Waals surface area (Å²) >= 11 is 0. The molecule has 3 aromatic heterocycles. The quantitative estimate of drug-likeness (QED) is 0.571. The van der Waals surface area contributed by atoms with Gasteiger partial charge in [-0.3, -0.25) is 14.3 Å². The van der Waals surface area contributed by atoms with E-state index in [1.807, 2.05) is 32.2 Å². The molecule has 0 saturated heterocycles. The fourth-order valence-electron chi connectivity index (χ4n) is 4.01. The largest absolute Gasteiger partial charge is 0.364 e. The maximum atomic E-state index is 12.4. The summed E-state index contributed by atoms with van der Waals surface area (Å²) in [6.07, 6.45) is 5.61. The molecule has 1 N–H and O–H groups in total. The average Bonchev–Trinajstić information content (AvgIpc) is 3.01. The van der Waals surface area contributed by atoms with E-state index < -0.39 is 0 Å². The molecule has 7 heteroatoms. The average molecular weight is 384 g/mol. The summed E-state index contributed by atoms with van der Waals surface area (Å²) in [6, 6.07) is 14.1. The SMILES string of the molecule is Cc1nc2cnccc2n1-c1ccc(C2CC(=O)Nc3ncccc3N2C)cc1. The molecule has 1 aromatic carbocycles. The Kier molecular flexibility index (Phi) is 4.01. The van der Waals surface area contributed by atoms with Gasteiger partial charge in [0.2, 0.25) is 5.91 Å². The lowest BCUT2D eigenvalue weighted by Gasteiger charge is -2.28. The van der Waals surface area contributed by atoms with Crippen molar-refractivity contribution in [2.45, 2.75) is 19.4 Å². The minimum absolute atomic E-state index is 0.0349. The van der Waals surface area contributed by atoms with Crippen molar-refractivity contribution in [3.05, 3.63) is 72.4 Å². The van der Waals surface area contributed by atoms with E-state index >= 15 is 0 Å². The second-order valence-corrected chi connectivity index (χ2v) is 7.20. The normalized spacial score (nSPS) is 16.4. The van der Waals surface area contributed by atoms with Gasteiger partial charge >= 0.3 is 0 Å². The van der Waals surface area contributed by atoms with Crippen LogP contribution >= 0.6 is 0 Å². The van der Waals surface area contributed by atoms with Crippen LogP contribution in [0.4, 0.5) is 11.5 Å². The third kappa shape index (κ3) is 2.91. The number of nitrogens with one attached hydrogen (secondary N) is 1. The van der Waals surface area contributed by atoms with Gasteiger partial charge in [-0.15, -0.1) is 0 Å². The van der Waals surface area contributed by atoms with Gasteiger partial charge in [0.25, 0.3) is 0 Å². The van der Waals surface area contributed by atoms with Crippen LogP contribution in [0.25, 0.3) is 16.7 Å². The van der Waals surface area contributed by atoms with Crippen molar-refractivity contribution in [1.82, 2.24) is 19.5 Å². The molecule has 7 nitrogen and oxygen atoms in total. The minimum atomic E-state index is -0.0701. The lowest BCUT2D eigenvalue weighted by Crippen LogP contribution is -2.25. The number of benzene rings is 1. The number of carbonyl (C=O) groups excluding carboxylic acids is 1. The molecule has 0 spiro atoms. The monoisotopic (exact) mass is 384 g/mol. The maximum Gasteiger partial charge on any atom is 0.228 e. The smallest absolute Gasteiger partial charge is 0.228 e. The summed E-state index contributed by atoms with van der Waals surface area (Å²) in [5, 5.41) is 2.90. The Morgan fingerprint density at radius 2 is 1.93 bits per heavy atom. The van der Waals surface area contributed by atoms with Gasteiger partial charge < -0.3 is 10.2 Å². The molecule has 5 rings (SSSR count). The highest BCUT2D eigenvalue weighted by Crippen LogP contribution is 2.35. The van der Waals surface area contributed by atoms with E-state index in [4.69, 9.17) is 0 Å². The summed E-state index contributed by atoms with van der Waals surface area (Å²) in [7, 11) is 2.00. The van der Waals surface area contributed by atoms with Gasteiger partial charge in [0.05, 0.1) is 29.9 Å². The van der Waals surface area contributed by atoms with E-state index in [1.54, 1.807) is 18.6 Å². The molecule has 29 heavy (non-hydrogen) atoms. The molecule has 1 aliphatic heterocycles. The number of aryl methyl sites for hydroxylation is 1. The molecule has 4 aromatic rings. The Labute approximate surface area is 168 Å². The zero-order chi connectivity index (χ0) is 20.0. The second kappa shape index (κ2) is 6.70. The van der Waals surface area contributed by atoms with Crippen LogP contribution in [0.3, 0.4) is 0 Å². The zero-order valence-corrected chi connectivity index (χ0v) is 16.2. The highest BCUT2D eigenvalue weighted by molar-refractivity contribution is 5.95. The fourth-order valence-corrected chi connectivity index (χ4v) is 4.01. The van der Waals surface area contributed by atoms with Crippen molar-refractivity contribution in [2.75, 3.05) is 17.3 Å². The van der Waals surface area contributed by atoms with Gasteiger partial charge in [0, 0.05) is 25.1 Å². The number of pyridine rings is 2. The molecule has 0 radical (unpaired) electrons. The van der Waals surface area contributed by atoms with Gasteiger partial charge in [-0.2, -0.15) is 0 Å². The lowest BCUT2D eigenvalue weighted by molar-refractivity contribution is -0.116. The minimum Gasteiger partial charge on any atom is -0.364 e. The van der Waals surface area contributed by atoms with Crippen molar-refractivity contribution in [2.24, 2.45) is 0 Å². The first-order valence-electron chi connectivity index (χ1n) is 9.49. The molecule has 4 heterocycles. The molecule has 1 amide bonds. The van der Waals surface area contributed by atoms with E-state index in [-0.39, 0.29) is 11.9 Å². The number of amides is 1. The number of rotatable bonds is 2. The summed E-state index contributed by atoms with van der Waals surface area (Å²) in [5.41, 5.74) is 4.92. The van der Waals surface area contributed by atoms with E-state index in [1.165, 1.54) is 0 Å². The third-order valence-corrected chi connectivity index (χ3v) is 5.43. The van der Waals surface area contributed by atoms with E-state index in [9.17, 15) is 4.79 Å². The fraction of sp³-hybridized carbons (Fsp3) is 0.182. The van der Waals surface area contributed by atoms with Crippen LogP contribution in [0.1, 0.15) is 23.9 Å². The van der Waals surface area contributed by atoms with Crippen LogP contribution in [-0.4, -0.2) is 32.5 Å². The summed E-state index contributed by atoms with van der Waals surface area (Å²) in [4.78, 5) is 27.6. The number of imidazole rings is 1. The molecule has 1 unspecified atom stereocenters. The first-order valence-corrected chi connectivity index (χ1v) is 9.49. The van der Waals surface area contributed by atoms with Crippen molar-refractivity contribution < 1.29 is 4.79 Å². The van der Waals surface area contributed by atoms with Crippen molar-refractivity contribution in [3.8, 4) is 5.69 Å². The molecule has 144 valence electrons. The Balaban J connectivity index is 1.53. The first kappa shape index (κ1) is 17.4. The van der Waals surface area contributed by atoms with E-state index in [0.717, 1.165) is 33.8 Å². The van der Waals surface area contributed by atoms with Crippen molar-refractivity contribution >= 4 is 28.4 Å². The molecule has 0 fully saturated rings. The Hall–Kier alpha value is -3.74. The van der Waals surface area contributed by atoms with Crippen LogP contribution in [0.2, 0.25) is 0 Å². The molecular weight excluding hydrogens is 364 g/mol. The molecule has 1 aliphatic rings. The standard InChI is InChI=1S/C22H20N6O/c1-14-25-17-13-23-11-9-18(17)28(14)16-7-5-15(6-8-16)20-12-21(29)26-22-19(27(20)2)4-3-10-24-22/h3-11,13,20H,12H2,1-2H3,(H,24,26,29). The van der Waals surface area contributed by atoms with Gasteiger partial charge in [-0.05, 0) is 42.8 Å². The van der Waals surface area contributed by atoms with Crippen LogP contribution in [0.15, 0.2) is 61.1 Å². The Bertz CT molecular complexity index is 1210. The number of hydrogen-bond donors (Lipinski definition) is 1. The summed E-state index contributed by atoms with van der Waals surface area (Å²) in [6.45, 7) is 1.99. The number of anilines is 2. The Morgan fingerprint density at radius 3 is 2.76 bits per heavy atom. The molecule has 0 aliphatic carbocycles. The number of carbonyl (C=O) groups is 1. The molecule has 0 bridgehead atoms. The molecule has 0 saturated carbocycles. The van der Waals surface area contributed by atoms with Gasteiger partial charge in [0.1, 0.15) is 11.3 Å². The van der Waals surface area contributed by atoms with Gasteiger partial charge in [-0.1, -0.05) is 12.1 Å². The maximum absolute atomic E-state index is 12.4. The molecule has 1 atom stereocenters. The van der Waals surface area contributed by atoms with Crippen LogP contribution < -0.4 is 10.2 Å². The van der Waals surface area contributed by atoms with Crippen molar-refractivity contribution in [3.63, 3.8) is 0 Å². The Morgan fingerprint density at radius 1 is 1.10 bits per heavy atom. The van der Waals surface area contributed by atoms with Crippen LogP contribution in [0, 0.1) is 6.92 Å². The van der Waals surface area contributed by atoms with Crippen LogP contribution in [-0.2, 0) is 4.79 Å². The van der Waals surface area contributed by atoms with E-state index in [2.05, 4.69) is 54.0 Å².